The summed E-state index contributed by atoms with van der Waals surface area (Å²) < 4.78 is 0. The van der Waals surface area contributed by atoms with E-state index in [1.165, 1.54) is 11.1 Å². The quantitative estimate of drug-likeness (QED) is 0.598. The molecule has 5 heteroatoms. The molecule has 32 heavy (non-hydrogen) atoms. The first-order chi connectivity index (χ1) is 15.4. The normalized spacial score (nSPS) is 22.9. The second kappa shape index (κ2) is 7.80. The number of aryl methyl sites for hydroxylation is 1. The Kier molecular flexibility index (Phi) is 5.07. The van der Waals surface area contributed by atoms with Crippen molar-refractivity contribution in [2.75, 3.05) is 19.6 Å². The number of H-pyrrole nitrogens is 1. The van der Waals surface area contributed by atoms with E-state index >= 15 is 0 Å². The molecule has 2 aromatic carbocycles. The van der Waals surface area contributed by atoms with Gasteiger partial charge in [0, 0.05) is 29.9 Å². The SMILES string of the molecule is CCCCCN1CC(=O)N2CC(c3ccc(C)cc3)c3c([nH]c4ccccc34)[C@@]2(C)C1=O. The number of rotatable bonds is 5. The van der Waals surface area contributed by atoms with E-state index in [0.29, 0.717) is 13.1 Å². The molecule has 1 saturated heterocycles. The molecule has 3 aromatic rings. The fourth-order valence-electron chi connectivity index (χ4n) is 5.51. The van der Waals surface area contributed by atoms with E-state index < -0.39 is 5.54 Å². The van der Waals surface area contributed by atoms with Gasteiger partial charge in [0.15, 0.2) is 5.54 Å². The third-order valence-corrected chi connectivity index (χ3v) is 7.33. The van der Waals surface area contributed by atoms with E-state index in [9.17, 15) is 9.59 Å². The van der Waals surface area contributed by atoms with E-state index in [0.717, 1.165) is 41.4 Å². The molecular formula is C27H31N3O2. The van der Waals surface area contributed by atoms with Crippen molar-refractivity contribution in [1.29, 1.82) is 0 Å². The van der Waals surface area contributed by atoms with Gasteiger partial charge in [0.05, 0.1) is 12.2 Å². The third kappa shape index (κ3) is 3.06. The van der Waals surface area contributed by atoms with Gasteiger partial charge in [0.1, 0.15) is 0 Å². The summed E-state index contributed by atoms with van der Waals surface area (Å²) >= 11 is 0. The summed E-state index contributed by atoms with van der Waals surface area (Å²) in [7, 11) is 0. The average Bonchev–Trinajstić information content (AvgIpc) is 3.19. The minimum atomic E-state index is -1.00. The van der Waals surface area contributed by atoms with Crippen LogP contribution in [-0.4, -0.2) is 46.2 Å². The maximum atomic E-state index is 13.9. The number of piperazine rings is 1. The van der Waals surface area contributed by atoms with Crippen molar-refractivity contribution in [1.82, 2.24) is 14.8 Å². The highest BCUT2D eigenvalue weighted by Gasteiger charge is 2.56. The van der Waals surface area contributed by atoms with Gasteiger partial charge in [-0.25, -0.2) is 0 Å². The van der Waals surface area contributed by atoms with Gasteiger partial charge >= 0.3 is 0 Å². The molecule has 0 bridgehead atoms. The van der Waals surface area contributed by atoms with Crippen molar-refractivity contribution in [2.24, 2.45) is 0 Å². The summed E-state index contributed by atoms with van der Waals surface area (Å²) in [4.78, 5) is 34.4. The summed E-state index contributed by atoms with van der Waals surface area (Å²) in [6.07, 6.45) is 3.08. The average molecular weight is 430 g/mol. The Hall–Kier alpha value is -3.08. The van der Waals surface area contributed by atoms with Gasteiger partial charge in [-0.15, -0.1) is 0 Å². The molecule has 2 aliphatic heterocycles. The zero-order chi connectivity index (χ0) is 22.5. The molecule has 1 fully saturated rings. The second-order valence-corrected chi connectivity index (χ2v) is 9.43. The van der Waals surface area contributed by atoms with Crippen molar-refractivity contribution < 1.29 is 9.59 Å². The number of hydrogen-bond acceptors (Lipinski definition) is 2. The van der Waals surface area contributed by atoms with E-state index in [1.807, 2.05) is 24.0 Å². The number of aromatic nitrogens is 1. The van der Waals surface area contributed by atoms with E-state index in [-0.39, 0.29) is 24.3 Å². The van der Waals surface area contributed by atoms with Gasteiger partial charge in [-0.1, -0.05) is 67.8 Å². The zero-order valence-electron chi connectivity index (χ0n) is 19.1. The molecular weight excluding hydrogens is 398 g/mol. The molecule has 166 valence electrons. The van der Waals surface area contributed by atoms with Crippen molar-refractivity contribution in [3.63, 3.8) is 0 Å². The summed E-state index contributed by atoms with van der Waals surface area (Å²) in [6.45, 7) is 7.49. The van der Waals surface area contributed by atoms with Crippen LogP contribution in [0.25, 0.3) is 10.9 Å². The van der Waals surface area contributed by atoms with E-state index in [2.05, 4.69) is 55.2 Å². The highest BCUT2D eigenvalue weighted by atomic mass is 16.2. The monoisotopic (exact) mass is 429 g/mol. The number of para-hydroxylation sites is 1. The van der Waals surface area contributed by atoms with Gasteiger partial charge in [-0.05, 0) is 37.5 Å². The first-order valence-corrected chi connectivity index (χ1v) is 11.7. The summed E-state index contributed by atoms with van der Waals surface area (Å²) in [5.41, 5.74) is 4.42. The van der Waals surface area contributed by atoms with Gasteiger partial charge in [-0.2, -0.15) is 0 Å². The number of nitrogens with zero attached hydrogens (tertiary/aromatic N) is 2. The molecule has 2 amide bonds. The lowest BCUT2D eigenvalue weighted by molar-refractivity contribution is -0.166. The smallest absolute Gasteiger partial charge is 0.254 e. The predicted octanol–water partition coefficient (Wildman–Crippen LogP) is 4.70. The minimum Gasteiger partial charge on any atom is -0.356 e. The molecule has 2 aliphatic rings. The number of fused-ring (bicyclic) bond motifs is 5. The highest BCUT2D eigenvalue weighted by molar-refractivity contribution is 6.01. The highest BCUT2D eigenvalue weighted by Crippen LogP contribution is 2.48. The van der Waals surface area contributed by atoms with Gasteiger partial charge in [0.2, 0.25) is 5.91 Å². The van der Waals surface area contributed by atoms with Crippen LogP contribution in [-0.2, 0) is 15.1 Å². The Morgan fingerprint density at radius 1 is 1.06 bits per heavy atom. The number of amides is 2. The van der Waals surface area contributed by atoms with Crippen molar-refractivity contribution in [2.45, 2.75) is 51.5 Å². The fraction of sp³-hybridized carbons (Fsp3) is 0.407. The van der Waals surface area contributed by atoms with Crippen LogP contribution in [0.3, 0.4) is 0 Å². The Morgan fingerprint density at radius 3 is 2.56 bits per heavy atom. The lowest BCUT2D eigenvalue weighted by Crippen LogP contribution is -2.67. The third-order valence-electron chi connectivity index (χ3n) is 7.33. The van der Waals surface area contributed by atoms with Crippen LogP contribution in [0.4, 0.5) is 0 Å². The summed E-state index contributed by atoms with van der Waals surface area (Å²) in [6, 6.07) is 16.8. The predicted molar refractivity (Wildman–Crippen MR) is 126 cm³/mol. The molecule has 5 nitrogen and oxygen atoms in total. The van der Waals surface area contributed by atoms with Gasteiger partial charge in [0.25, 0.3) is 5.91 Å². The van der Waals surface area contributed by atoms with Crippen molar-refractivity contribution in [3.05, 3.63) is 70.9 Å². The largest absolute Gasteiger partial charge is 0.356 e. The first kappa shape index (κ1) is 20.8. The van der Waals surface area contributed by atoms with Crippen LogP contribution in [0.5, 0.6) is 0 Å². The van der Waals surface area contributed by atoms with Crippen LogP contribution in [0.2, 0.25) is 0 Å². The van der Waals surface area contributed by atoms with Crippen LogP contribution in [0.1, 0.15) is 61.4 Å². The number of carbonyl (C=O) groups excluding carboxylic acids is 2. The maximum absolute atomic E-state index is 13.9. The molecule has 0 saturated carbocycles. The zero-order valence-corrected chi connectivity index (χ0v) is 19.1. The van der Waals surface area contributed by atoms with Crippen molar-refractivity contribution in [3.8, 4) is 0 Å². The van der Waals surface area contributed by atoms with Crippen molar-refractivity contribution >= 4 is 22.7 Å². The molecule has 2 atom stereocenters. The Balaban J connectivity index is 1.67. The molecule has 3 heterocycles. The summed E-state index contributed by atoms with van der Waals surface area (Å²) in [5.74, 6) is 0.0894. The van der Waals surface area contributed by atoms with Crippen LogP contribution < -0.4 is 0 Å². The molecule has 0 spiro atoms. The summed E-state index contributed by atoms with van der Waals surface area (Å²) in [5, 5.41) is 1.14. The molecule has 1 aromatic heterocycles. The fourth-order valence-corrected chi connectivity index (χ4v) is 5.51. The molecule has 1 N–H and O–H groups in total. The van der Waals surface area contributed by atoms with Crippen LogP contribution >= 0.6 is 0 Å². The minimum absolute atomic E-state index is 0.0261. The molecule has 0 radical (unpaired) electrons. The number of hydrogen-bond donors (Lipinski definition) is 1. The standard InChI is InChI=1S/C27H31N3O2/c1-4-5-8-15-29-17-23(31)30-16-21(19-13-11-18(2)12-14-19)24-20-9-6-7-10-22(20)28-25(24)27(30,3)26(29)32/h6-7,9-14,21,28H,4-5,8,15-17H2,1-3H3/t21?,27-/m0/s1. The number of benzene rings is 2. The molecule has 1 unspecified atom stereocenters. The van der Waals surface area contributed by atoms with Gasteiger partial charge in [-0.3, -0.25) is 9.59 Å². The Labute approximate surface area is 189 Å². The lowest BCUT2D eigenvalue weighted by atomic mass is 9.76. The number of carbonyl (C=O) groups is 2. The van der Waals surface area contributed by atoms with E-state index in [4.69, 9.17) is 0 Å². The topological polar surface area (TPSA) is 56.4 Å². The number of unbranched alkanes of at least 4 members (excludes halogenated alkanes) is 2. The first-order valence-electron chi connectivity index (χ1n) is 11.7. The maximum Gasteiger partial charge on any atom is 0.254 e. The number of aromatic amines is 1. The second-order valence-electron chi connectivity index (χ2n) is 9.43. The van der Waals surface area contributed by atoms with Gasteiger partial charge < -0.3 is 14.8 Å². The molecule has 5 rings (SSSR count). The lowest BCUT2D eigenvalue weighted by Gasteiger charge is -2.51. The molecule has 0 aliphatic carbocycles. The van der Waals surface area contributed by atoms with E-state index in [1.54, 1.807) is 4.90 Å². The van der Waals surface area contributed by atoms with Crippen LogP contribution in [0.15, 0.2) is 48.5 Å². The van der Waals surface area contributed by atoms with Crippen LogP contribution in [0, 0.1) is 6.92 Å². The number of nitrogens with one attached hydrogen (secondary N) is 1. The Morgan fingerprint density at radius 2 is 1.81 bits per heavy atom. The Bertz CT molecular complexity index is 1180.